The van der Waals surface area contributed by atoms with E-state index >= 15 is 0 Å². The van der Waals surface area contributed by atoms with Gasteiger partial charge in [0.05, 0.1) is 42.6 Å². The molecule has 2 atom stereocenters. The minimum absolute atomic E-state index is 0.0229. The van der Waals surface area contributed by atoms with Crippen LogP contribution >= 0.6 is 0 Å². The van der Waals surface area contributed by atoms with Crippen LogP contribution in [0.5, 0.6) is 0 Å². The summed E-state index contributed by atoms with van der Waals surface area (Å²) in [7, 11) is 0. The highest BCUT2D eigenvalue weighted by Crippen LogP contribution is 2.63. The Balaban J connectivity index is 1.28. The monoisotopic (exact) mass is 571 g/mol. The van der Waals surface area contributed by atoms with Gasteiger partial charge >= 0.3 is 0 Å². The molecule has 0 aromatic heterocycles. The SMILES string of the molecule is CC1(CC(=O)N/N=C/C23c4ccccc4C(c4ccccc42)C2C(=O)N(c4cccc5ccccc45)C(=O)C23)OCCO1. The zero-order valence-electron chi connectivity index (χ0n) is 23.5. The molecule has 9 rings (SSSR count). The molecule has 5 aliphatic rings. The summed E-state index contributed by atoms with van der Waals surface area (Å²) in [5, 5.41) is 6.28. The average Bonchev–Trinajstić information content (AvgIpc) is 3.57. The summed E-state index contributed by atoms with van der Waals surface area (Å²) >= 11 is 0. The molecule has 0 spiro atoms. The number of benzene rings is 4. The van der Waals surface area contributed by atoms with Gasteiger partial charge in [-0.1, -0.05) is 84.9 Å². The Bertz CT molecular complexity index is 1810. The maximum Gasteiger partial charge on any atom is 0.245 e. The molecule has 2 unspecified atom stereocenters. The number of ether oxygens (including phenoxy) is 2. The van der Waals surface area contributed by atoms with E-state index in [4.69, 9.17) is 9.47 Å². The van der Waals surface area contributed by atoms with Crippen molar-refractivity contribution in [3.63, 3.8) is 0 Å². The summed E-state index contributed by atoms with van der Waals surface area (Å²) in [6, 6.07) is 29.4. The Labute approximate surface area is 248 Å². The Morgan fingerprint density at radius 2 is 1.51 bits per heavy atom. The highest BCUT2D eigenvalue weighted by atomic mass is 16.7. The first kappa shape index (κ1) is 26.0. The maximum absolute atomic E-state index is 14.7. The van der Waals surface area contributed by atoms with E-state index in [9.17, 15) is 14.4 Å². The number of carbonyl (C=O) groups excluding carboxylic acids is 3. The summed E-state index contributed by atoms with van der Waals surface area (Å²) < 4.78 is 11.2. The van der Waals surface area contributed by atoms with E-state index < -0.39 is 23.0 Å². The third-order valence-electron chi connectivity index (χ3n) is 9.53. The summed E-state index contributed by atoms with van der Waals surface area (Å²) in [6.07, 6.45) is 1.65. The van der Waals surface area contributed by atoms with Gasteiger partial charge in [0.1, 0.15) is 0 Å². The number of nitrogens with one attached hydrogen (secondary N) is 1. The van der Waals surface area contributed by atoms with Crippen molar-refractivity contribution in [2.45, 2.75) is 30.5 Å². The van der Waals surface area contributed by atoms with Crippen LogP contribution in [0.4, 0.5) is 5.69 Å². The molecule has 2 aliphatic heterocycles. The number of imide groups is 1. The molecule has 4 aromatic rings. The van der Waals surface area contributed by atoms with Gasteiger partial charge in [-0.3, -0.25) is 14.4 Å². The molecule has 2 fully saturated rings. The van der Waals surface area contributed by atoms with Crippen LogP contribution in [0.3, 0.4) is 0 Å². The number of hydrogen-bond donors (Lipinski definition) is 1. The Kier molecular flexibility index (Phi) is 5.70. The smallest absolute Gasteiger partial charge is 0.245 e. The number of nitrogens with zero attached hydrogens (tertiary/aromatic N) is 2. The van der Waals surface area contributed by atoms with Crippen LogP contribution in [-0.4, -0.2) is 42.9 Å². The lowest BCUT2D eigenvalue weighted by Crippen LogP contribution is -2.54. The quantitative estimate of drug-likeness (QED) is 0.214. The van der Waals surface area contributed by atoms with Crippen LogP contribution in [-0.2, 0) is 29.3 Å². The minimum atomic E-state index is -1.07. The predicted molar refractivity (Wildman–Crippen MR) is 160 cm³/mol. The second-order valence-corrected chi connectivity index (χ2v) is 11.8. The molecule has 1 N–H and O–H groups in total. The first-order valence-corrected chi connectivity index (χ1v) is 14.6. The molecule has 2 heterocycles. The molecule has 2 saturated heterocycles. The molecular formula is C35H29N3O5. The predicted octanol–water partition coefficient (Wildman–Crippen LogP) is 4.65. The number of fused-ring (bicyclic) bond motifs is 1. The van der Waals surface area contributed by atoms with E-state index in [0.29, 0.717) is 18.9 Å². The van der Waals surface area contributed by atoms with Crippen molar-refractivity contribution in [2.75, 3.05) is 18.1 Å². The molecule has 0 saturated carbocycles. The van der Waals surface area contributed by atoms with Gasteiger partial charge < -0.3 is 9.47 Å². The zero-order chi connectivity index (χ0) is 29.3. The normalized spacial score (nSPS) is 26.5. The first-order chi connectivity index (χ1) is 20.9. The number of amides is 3. The lowest BCUT2D eigenvalue weighted by molar-refractivity contribution is -0.159. The van der Waals surface area contributed by atoms with E-state index in [1.54, 1.807) is 13.1 Å². The third-order valence-corrected chi connectivity index (χ3v) is 9.53. The fourth-order valence-electron chi connectivity index (χ4n) is 7.89. The van der Waals surface area contributed by atoms with Crippen molar-refractivity contribution >= 4 is 40.4 Å². The van der Waals surface area contributed by atoms with Crippen molar-refractivity contribution in [1.29, 1.82) is 0 Å². The van der Waals surface area contributed by atoms with Crippen LogP contribution < -0.4 is 10.3 Å². The highest BCUT2D eigenvalue weighted by molar-refractivity contribution is 6.27. The van der Waals surface area contributed by atoms with Crippen LogP contribution in [0.1, 0.15) is 41.5 Å². The molecule has 2 bridgehead atoms. The van der Waals surface area contributed by atoms with E-state index in [0.717, 1.165) is 33.0 Å². The number of rotatable bonds is 5. The zero-order valence-corrected chi connectivity index (χ0v) is 23.5. The second kappa shape index (κ2) is 9.42. The Morgan fingerprint density at radius 3 is 2.23 bits per heavy atom. The number of carbonyl (C=O) groups is 3. The highest BCUT2D eigenvalue weighted by Gasteiger charge is 2.68. The summed E-state index contributed by atoms with van der Waals surface area (Å²) in [5.74, 6) is -3.51. The largest absolute Gasteiger partial charge is 0.347 e. The van der Waals surface area contributed by atoms with Gasteiger partial charge in [0.25, 0.3) is 0 Å². The first-order valence-electron chi connectivity index (χ1n) is 14.6. The summed E-state index contributed by atoms with van der Waals surface area (Å²) in [6.45, 7) is 2.58. The minimum Gasteiger partial charge on any atom is -0.347 e. The second-order valence-electron chi connectivity index (χ2n) is 11.8. The van der Waals surface area contributed by atoms with Crippen molar-refractivity contribution in [3.05, 3.63) is 113 Å². The standard InChI is InChI=1S/C35H29N3O5/c1-34(42-17-18-43-34)19-28(39)37-36-20-35-25-14-6-4-12-23(25)29(24-13-5-7-15-26(24)35)30-31(35)33(41)38(32(30)40)27-16-8-10-21-9-2-3-11-22(21)27/h2-16,20,29-31H,17-19H2,1H3,(H,37,39)/b36-20+. The number of hydrazone groups is 1. The van der Waals surface area contributed by atoms with Crippen molar-refractivity contribution < 1.29 is 23.9 Å². The molecule has 3 amide bonds. The van der Waals surface area contributed by atoms with Gasteiger partial charge in [0, 0.05) is 17.5 Å². The van der Waals surface area contributed by atoms with Crippen LogP contribution in [0.25, 0.3) is 10.8 Å². The van der Waals surface area contributed by atoms with Gasteiger partial charge in [-0.15, -0.1) is 0 Å². The topological polar surface area (TPSA) is 97.3 Å². The molecule has 8 nitrogen and oxygen atoms in total. The molecule has 43 heavy (non-hydrogen) atoms. The average molecular weight is 572 g/mol. The van der Waals surface area contributed by atoms with E-state index in [1.165, 1.54) is 4.90 Å². The number of hydrogen-bond acceptors (Lipinski definition) is 6. The van der Waals surface area contributed by atoms with E-state index in [-0.39, 0.29) is 30.1 Å². The van der Waals surface area contributed by atoms with Crippen LogP contribution in [0.15, 0.2) is 96.1 Å². The van der Waals surface area contributed by atoms with Crippen molar-refractivity contribution in [3.8, 4) is 0 Å². The van der Waals surface area contributed by atoms with Gasteiger partial charge in [0.2, 0.25) is 17.7 Å². The van der Waals surface area contributed by atoms with Crippen molar-refractivity contribution in [1.82, 2.24) is 5.43 Å². The molecular weight excluding hydrogens is 542 g/mol. The third kappa shape index (κ3) is 3.63. The van der Waals surface area contributed by atoms with Crippen molar-refractivity contribution in [2.24, 2.45) is 16.9 Å². The number of anilines is 1. The molecule has 0 radical (unpaired) electrons. The van der Waals surface area contributed by atoms with Gasteiger partial charge in [-0.2, -0.15) is 5.10 Å². The van der Waals surface area contributed by atoms with E-state index in [2.05, 4.69) is 10.5 Å². The van der Waals surface area contributed by atoms with Gasteiger partial charge in [-0.25, -0.2) is 10.3 Å². The van der Waals surface area contributed by atoms with Gasteiger partial charge in [0.15, 0.2) is 5.79 Å². The lowest BCUT2D eigenvalue weighted by Gasteiger charge is -2.52. The fraction of sp³-hybridized carbons (Fsp3) is 0.257. The molecule has 3 aliphatic carbocycles. The maximum atomic E-state index is 14.7. The van der Waals surface area contributed by atoms with E-state index in [1.807, 2.05) is 91.0 Å². The van der Waals surface area contributed by atoms with Crippen LogP contribution in [0.2, 0.25) is 0 Å². The summed E-state index contributed by atoms with van der Waals surface area (Å²) in [4.78, 5) is 43.5. The summed E-state index contributed by atoms with van der Waals surface area (Å²) in [5.41, 5.74) is 6.02. The fourth-order valence-corrected chi connectivity index (χ4v) is 7.89. The Morgan fingerprint density at radius 1 is 0.884 bits per heavy atom. The molecule has 214 valence electrons. The van der Waals surface area contributed by atoms with Crippen LogP contribution in [0, 0.1) is 11.8 Å². The molecule has 8 heteroatoms. The lowest BCUT2D eigenvalue weighted by atomic mass is 9.47. The molecule has 4 aromatic carbocycles. The van der Waals surface area contributed by atoms with Gasteiger partial charge in [-0.05, 0) is 40.6 Å². The Hall–Kier alpha value is -4.66.